The highest BCUT2D eigenvalue weighted by Gasteiger charge is 2.19. The zero-order valence-electron chi connectivity index (χ0n) is 17.7. The van der Waals surface area contributed by atoms with E-state index < -0.39 is 0 Å². The highest BCUT2D eigenvalue weighted by molar-refractivity contribution is 6.05. The fourth-order valence-electron chi connectivity index (χ4n) is 3.27. The number of rotatable bonds is 10. The summed E-state index contributed by atoms with van der Waals surface area (Å²) in [7, 11) is 1.93. The first kappa shape index (κ1) is 22.7. The smallest absolute Gasteiger partial charge is 0.127 e. The minimum atomic E-state index is 0.753. The Morgan fingerprint density at radius 2 is 1.69 bits per heavy atom. The van der Waals surface area contributed by atoms with Crippen LogP contribution in [0.3, 0.4) is 0 Å². The van der Waals surface area contributed by atoms with Crippen LogP contribution in [0.2, 0.25) is 0 Å². The Morgan fingerprint density at radius 1 is 1.00 bits per heavy atom. The molecule has 0 spiro atoms. The maximum absolute atomic E-state index is 4.79. The number of amidine groups is 2. The molecule has 1 fully saturated rings. The largest absolute Gasteiger partial charge is 0.392 e. The molecule has 1 rings (SSSR count). The Balaban J connectivity index is 2.52. The Kier molecular flexibility index (Phi) is 12.0. The first-order chi connectivity index (χ1) is 12.6. The Morgan fingerprint density at radius 3 is 2.31 bits per heavy atom. The van der Waals surface area contributed by atoms with Crippen molar-refractivity contribution < 1.29 is 0 Å². The summed E-state index contributed by atoms with van der Waals surface area (Å²) in [6.45, 7) is 12.2. The maximum atomic E-state index is 4.79. The molecule has 0 saturated heterocycles. The highest BCUT2D eigenvalue weighted by Crippen LogP contribution is 2.30. The minimum Gasteiger partial charge on any atom is -0.392 e. The van der Waals surface area contributed by atoms with Crippen LogP contribution in [0, 0.1) is 11.8 Å². The summed E-state index contributed by atoms with van der Waals surface area (Å²) in [5.74, 6) is 3.54. The van der Waals surface area contributed by atoms with Gasteiger partial charge in [0.2, 0.25) is 0 Å². The Labute approximate surface area is 161 Å². The van der Waals surface area contributed by atoms with E-state index in [1.165, 1.54) is 32.1 Å². The lowest BCUT2D eigenvalue weighted by Gasteiger charge is -2.26. The van der Waals surface area contributed by atoms with Crippen molar-refractivity contribution in [1.82, 2.24) is 16.0 Å². The molecule has 0 radical (unpaired) electrons. The average molecular weight is 364 g/mol. The Bertz CT molecular complexity index is 459. The monoisotopic (exact) mass is 363 g/mol. The summed E-state index contributed by atoms with van der Waals surface area (Å²) in [6.07, 6.45) is 9.96. The number of aliphatic imine (C=N–C) groups is 2. The molecule has 0 aromatic rings. The van der Waals surface area contributed by atoms with Gasteiger partial charge in [0.25, 0.3) is 0 Å². The van der Waals surface area contributed by atoms with E-state index in [1.807, 2.05) is 27.0 Å². The second-order valence-electron chi connectivity index (χ2n) is 7.44. The normalized spacial score (nSPS) is 22.4. The number of nitrogens with zero attached hydrogens (tertiary/aromatic N) is 2. The number of nitrogens with one attached hydrogen (secondary N) is 3. The molecule has 1 aliphatic carbocycles. The Hall–Kier alpha value is -1.36. The van der Waals surface area contributed by atoms with Crippen molar-refractivity contribution in [2.45, 2.75) is 66.2 Å². The van der Waals surface area contributed by atoms with Crippen molar-refractivity contribution in [1.29, 1.82) is 0 Å². The van der Waals surface area contributed by atoms with Crippen molar-refractivity contribution in [3.8, 4) is 0 Å². The predicted octanol–water partition coefficient (Wildman–Crippen LogP) is 3.73. The van der Waals surface area contributed by atoms with Crippen molar-refractivity contribution >= 4 is 11.7 Å². The van der Waals surface area contributed by atoms with Crippen LogP contribution in [0.5, 0.6) is 0 Å². The summed E-state index contributed by atoms with van der Waals surface area (Å²) in [5.41, 5.74) is 1.09. The van der Waals surface area contributed by atoms with Gasteiger partial charge in [-0.15, -0.1) is 0 Å². The van der Waals surface area contributed by atoms with Gasteiger partial charge in [0.05, 0.1) is 12.4 Å². The van der Waals surface area contributed by atoms with Crippen molar-refractivity contribution in [2.24, 2.45) is 21.8 Å². The molecule has 0 amide bonds. The molecule has 0 aromatic heterocycles. The summed E-state index contributed by atoms with van der Waals surface area (Å²) in [5, 5.41) is 9.93. The number of hydrogen-bond acceptors (Lipinski definition) is 4. The molecule has 5 nitrogen and oxygen atoms in total. The molecule has 1 saturated carbocycles. The predicted molar refractivity (Wildman–Crippen MR) is 115 cm³/mol. The lowest BCUT2D eigenvalue weighted by atomic mass is 9.81. The number of hydrogen-bond donors (Lipinski definition) is 3. The van der Waals surface area contributed by atoms with Crippen LogP contribution < -0.4 is 16.0 Å². The van der Waals surface area contributed by atoms with Gasteiger partial charge in [0.1, 0.15) is 5.84 Å². The zero-order chi connectivity index (χ0) is 19.2. The molecule has 3 N–H and O–H groups in total. The standard InChI is InChI=1S/C21H41N5/c1-6-12-23-13-14-24-21(15-17(3)22-5)26-18(4)25-16-20-10-8-19(7-2)9-11-20/h15,19-20,22-23H,6-14,16H2,1-5H3,(H,24,25,26). The van der Waals surface area contributed by atoms with Gasteiger partial charge in [-0.3, -0.25) is 9.98 Å². The van der Waals surface area contributed by atoms with Crippen LogP contribution in [0.4, 0.5) is 0 Å². The summed E-state index contributed by atoms with van der Waals surface area (Å²) in [4.78, 5) is 9.47. The molecule has 0 heterocycles. The third-order valence-electron chi connectivity index (χ3n) is 5.18. The van der Waals surface area contributed by atoms with Crippen LogP contribution in [-0.2, 0) is 0 Å². The molecular formula is C21H41N5. The molecule has 26 heavy (non-hydrogen) atoms. The van der Waals surface area contributed by atoms with Crippen LogP contribution in [-0.4, -0.2) is 44.9 Å². The lowest BCUT2D eigenvalue weighted by Crippen LogP contribution is -2.30. The molecule has 1 aliphatic rings. The van der Waals surface area contributed by atoms with Crippen LogP contribution >= 0.6 is 0 Å². The van der Waals surface area contributed by atoms with Crippen molar-refractivity contribution in [3.63, 3.8) is 0 Å². The molecular weight excluding hydrogens is 322 g/mol. The first-order valence-corrected chi connectivity index (χ1v) is 10.5. The van der Waals surface area contributed by atoms with E-state index in [9.17, 15) is 0 Å². The second kappa shape index (κ2) is 13.8. The van der Waals surface area contributed by atoms with Gasteiger partial charge in [0.15, 0.2) is 0 Å². The second-order valence-corrected chi connectivity index (χ2v) is 7.44. The molecule has 5 heteroatoms. The minimum absolute atomic E-state index is 0.753. The maximum Gasteiger partial charge on any atom is 0.127 e. The van der Waals surface area contributed by atoms with Crippen LogP contribution in [0.25, 0.3) is 0 Å². The van der Waals surface area contributed by atoms with E-state index in [2.05, 4.69) is 34.8 Å². The lowest BCUT2D eigenvalue weighted by molar-refractivity contribution is 0.274. The number of allylic oxidation sites excluding steroid dienone is 1. The molecule has 0 unspecified atom stereocenters. The van der Waals surface area contributed by atoms with Crippen molar-refractivity contribution in [3.05, 3.63) is 11.8 Å². The third kappa shape index (κ3) is 9.95. The molecule has 150 valence electrons. The van der Waals surface area contributed by atoms with Crippen molar-refractivity contribution in [2.75, 3.05) is 33.2 Å². The summed E-state index contributed by atoms with van der Waals surface area (Å²) in [6, 6.07) is 0. The van der Waals surface area contributed by atoms with E-state index in [0.29, 0.717) is 0 Å². The van der Waals surface area contributed by atoms with Crippen LogP contribution in [0.1, 0.15) is 66.2 Å². The third-order valence-corrected chi connectivity index (χ3v) is 5.18. The van der Waals surface area contributed by atoms with E-state index in [1.54, 1.807) is 0 Å². The molecule has 0 aromatic carbocycles. The van der Waals surface area contributed by atoms with E-state index in [0.717, 1.165) is 61.8 Å². The molecule has 0 bridgehead atoms. The van der Waals surface area contributed by atoms with Gasteiger partial charge < -0.3 is 16.0 Å². The van der Waals surface area contributed by atoms with Gasteiger partial charge in [-0.1, -0.05) is 33.1 Å². The van der Waals surface area contributed by atoms with E-state index >= 15 is 0 Å². The van der Waals surface area contributed by atoms with Gasteiger partial charge in [-0.2, -0.15) is 0 Å². The van der Waals surface area contributed by atoms with Gasteiger partial charge in [0, 0.05) is 25.8 Å². The summed E-state index contributed by atoms with van der Waals surface area (Å²) >= 11 is 0. The quantitative estimate of drug-likeness (QED) is 0.315. The van der Waals surface area contributed by atoms with Gasteiger partial charge in [-0.05, 0) is 57.6 Å². The van der Waals surface area contributed by atoms with E-state index in [-0.39, 0.29) is 0 Å². The summed E-state index contributed by atoms with van der Waals surface area (Å²) < 4.78 is 0. The van der Waals surface area contributed by atoms with Crippen LogP contribution in [0.15, 0.2) is 21.8 Å². The fourth-order valence-corrected chi connectivity index (χ4v) is 3.27. The highest BCUT2D eigenvalue weighted by atomic mass is 15.1. The average Bonchev–Trinajstić information content (AvgIpc) is 2.66. The van der Waals surface area contributed by atoms with Gasteiger partial charge >= 0.3 is 0 Å². The first-order valence-electron chi connectivity index (χ1n) is 10.5. The zero-order valence-corrected chi connectivity index (χ0v) is 17.7. The topological polar surface area (TPSA) is 60.8 Å². The van der Waals surface area contributed by atoms with Gasteiger partial charge in [-0.25, -0.2) is 0 Å². The van der Waals surface area contributed by atoms with E-state index in [4.69, 9.17) is 4.99 Å². The molecule has 0 atom stereocenters. The molecule has 0 aliphatic heterocycles. The fraction of sp³-hybridized carbons (Fsp3) is 0.810. The SMILES string of the molecule is CCCNCCN=C(C=C(C)NC)NC(C)=NCC1CCC(CC)CC1.